The van der Waals surface area contributed by atoms with Gasteiger partial charge in [0.25, 0.3) is 0 Å². The van der Waals surface area contributed by atoms with Crippen LogP contribution in [0.5, 0.6) is 0 Å². The van der Waals surface area contributed by atoms with Gasteiger partial charge in [-0.3, -0.25) is 0 Å². The second-order valence-corrected chi connectivity index (χ2v) is 3.34. The van der Waals surface area contributed by atoms with Crippen LogP contribution in [0.1, 0.15) is 46.0 Å². The number of hydrogen-bond acceptors (Lipinski definition) is 0. The highest BCUT2D eigenvalue weighted by atomic mass is 19.1. The van der Waals surface area contributed by atoms with Crippen molar-refractivity contribution in [2.24, 2.45) is 0 Å². The summed E-state index contributed by atoms with van der Waals surface area (Å²) in [6.07, 6.45) is 6.73. The minimum atomic E-state index is 0.0419. The van der Waals surface area contributed by atoms with E-state index < -0.39 is 0 Å². The molecule has 1 aliphatic rings. The van der Waals surface area contributed by atoms with Crippen molar-refractivity contribution >= 4 is 0 Å². The molecule has 0 fully saturated rings. The van der Waals surface area contributed by atoms with Crippen LogP contribution >= 0.6 is 0 Å². The van der Waals surface area contributed by atoms with E-state index >= 15 is 0 Å². The van der Waals surface area contributed by atoms with Crippen LogP contribution in [0.25, 0.3) is 0 Å². The molecule has 0 spiro atoms. The Morgan fingerprint density at radius 2 is 1.92 bits per heavy atom. The van der Waals surface area contributed by atoms with E-state index in [0.29, 0.717) is 0 Å². The van der Waals surface area contributed by atoms with Crippen molar-refractivity contribution in [3.63, 3.8) is 0 Å². The molecule has 1 aliphatic carbocycles. The molecule has 68 valence electrons. The van der Waals surface area contributed by atoms with E-state index in [-0.39, 0.29) is 5.83 Å². The van der Waals surface area contributed by atoms with E-state index in [9.17, 15) is 4.39 Å². The lowest BCUT2D eigenvalue weighted by molar-refractivity contribution is 0.637. The fraction of sp³-hybridized carbons (Fsp3) is 0.636. The first-order valence-corrected chi connectivity index (χ1v) is 4.86. The molecule has 0 aromatic rings. The number of halogens is 1. The van der Waals surface area contributed by atoms with Crippen LogP contribution in [0.2, 0.25) is 0 Å². The van der Waals surface area contributed by atoms with Gasteiger partial charge in [0.1, 0.15) is 5.83 Å². The van der Waals surface area contributed by atoms with Gasteiger partial charge in [-0.1, -0.05) is 32.3 Å². The standard InChI is InChI=1S/C11H17F/c1-3-5-9-7-8-11(12)10(9)6-4-2/h8H,3-7H2,1-2H3. The molecule has 0 radical (unpaired) electrons. The summed E-state index contributed by atoms with van der Waals surface area (Å²) in [5, 5.41) is 0. The number of hydrogen-bond donors (Lipinski definition) is 0. The lowest BCUT2D eigenvalue weighted by atomic mass is 10.0. The molecule has 0 nitrogen and oxygen atoms in total. The third kappa shape index (κ3) is 1.96. The van der Waals surface area contributed by atoms with E-state index in [1.807, 2.05) is 0 Å². The highest BCUT2D eigenvalue weighted by molar-refractivity contribution is 5.38. The molecule has 0 bridgehead atoms. The van der Waals surface area contributed by atoms with Gasteiger partial charge in [0.2, 0.25) is 0 Å². The summed E-state index contributed by atoms with van der Waals surface area (Å²) in [5.74, 6) is 0.0419. The van der Waals surface area contributed by atoms with Gasteiger partial charge < -0.3 is 0 Å². The van der Waals surface area contributed by atoms with Gasteiger partial charge >= 0.3 is 0 Å². The van der Waals surface area contributed by atoms with Gasteiger partial charge in [0.15, 0.2) is 0 Å². The summed E-state index contributed by atoms with van der Waals surface area (Å²) >= 11 is 0. The van der Waals surface area contributed by atoms with Gasteiger partial charge in [0.05, 0.1) is 0 Å². The molecule has 0 aliphatic heterocycles. The molecule has 0 aromatic heterocycles. The molecule has 0 saturated heterocycles. The van der Waals surface area contributed by atoms with Gasteiger partial charge in [-0.25, -0.2) is 4.39 Å². The summed E-state index contributed by atoms with van der Waals surface area (Å²) in [6, 6.07) is 0. The SMILES string of the molecule is CCCC1=C(CCC)C(F)=CC1. The average molecular weight is 168 g/mol. The van der Waals surface area contributed by atoms with Crippen molar-refractivity contribution in [3.05, 3.63) is 23.0 Å². The van der Waals surface area contributed by atoms with E-state index in [0.717, 1.165) is 37.7 Å². The van der Waals surface area contributed by atoms with E-state index in [1.54, 1.807) is 6.08 Å². The smallest absolute Gasteiger partial charge is 0.122 e. The molecular formula is C11H17F. The van der Waals surface area contributed by atoms with Crippen molar-refractivity contribution in [1.29, 1.82) is 0 Å². The van der Waals surface area contributed by atoms with Crippen LogP contribution in [0, 0.1) is 0 Å². The van der Waals surface area contributed by atoms with Crippen LogP contribution in [0.4, 0.5) is 4.39 Å². The average Bonchev–Trinajstić information content (AvgIpc) is 2.37. The zero-order valence-electron chi connectivity index (χ0n) is 7.99. The highest BCUT2D eigenvalue weighted by Gasteiger charge is 2.15. The topological polar surface area (TPSA) is 0 Å². The van der Waals surface area contributed by atoms with E-state index in [1.165, 1.54) is 5.57 Å². The van der Waals surface area contributed by atoms with Gasteiger partial charge in [-0.05, 0) is 30.9 Å². The minimum Gasteiger partial charge on any atom is -0.207 e. The molecule has 0 heterocycles. The van der Waals surface area contributed by atoms with Gasteiger partial charge in [-0.2, -0.15) is 0 Å². The Hall–Kier alpha value is -0.590. The predicted octanol–water partition coefficient (Wildman–Crippen LogP) is 4.14. The van der Waals surface area contributed by atoms with Crippen LogP contribution in [0.15, 0.2) is 23.0 Å². The first kappa shape index (κ1) is 9.50. The molecule has 0 atom stereocenters. The maximum atomic E-state index is 13.2. The summed E-state index contributed by atoms with van der Waals surface area (Å²) < 4.78 is 13.2. The molecule has 0 amide bonds. The van der Waals surface area contributed by atoms with E-state index in [4.69, 9.17) is 0 Å². The van der Waals surface area contributed by atoms with Crippen molar-refractivity contribution in [2.45, 2.75) is 46.0 Å². The summed E-state index contributed by atoms with van der Waals surface area (Å²) in [6.45, 7) is 4.24. The first-order valence-electron chi connectivity index (χ1n) is 4.86. The number of allylic oxidation sites excluding steroid dienone is 4. The summed E-state index contributed by atoms with van der Waals surface area (Å²) in [7, 11) is 0. The van der Waals surface area contributed by atoms with E-state index in [2.05, 4.69) is 13.8 Å². The minimum absolute atomic E-state index is 0.0419. The molecule has 12 heavy (non-hydrogen) atoms. The largest absolute Gasteiger partial charge is 0.207 e. The fourth-order valence-electron chi connectivity index (χ4n) is 1.73. The normalized spacial score (nSPS) is 17.1. The quantitative estimate of drug-likeness (QED) is 0.591. The zero-order chi connectivity index (χ0) is 8.97. The van der Waals surface area contributed by atoms with Crippen molar-refractivity contribution in [2.75, 3.05) is 0 Å². The molecule has 1 heteroatoms. The Labute approximate surface area is 74.2 Å². The van der Waals surface area contributed by atoms with Crippen LogP contribution in [0.3, 0.4) is 0 Å². The highest BCUT2D eigenvalue weighted by Crippen LogP contribution is 2.32. The molecule has 0 N–H and O–H groups in total. The Kier molecular flexibility index (Phi) is 3.51. The molecule has 1 rings (SSSR count). The Bertz CT molecular complexity index is 211. The third-order valence-electron chi connectivity index (χ3n) is 2.29. The lowest BCUT2D eigenvalue weighted by Crippen LogP contribution is -1.86. The maximum absolute atomic E-state index is 13.2. The fourth-order valence-corrected chi connectivity index (χ4v) is 1.73. The second-order valence-electron chi connectivity index (χ2n) is 3.34. The Balaban J connectivity index is 2.67. The summed E-state index contributed by atoms with van der Waals surface area (Å²) in [4.78, 5) is 0. The van der Waals surface area contributed by atoms with Crippen molar-refractivity contribution < 1.29 is 4.39 Å². The van der Waals surface area contributed by atoms with Crippen molar-refractivity contribution in [3.8, 4) is 0 Å². The predicted molar refractivity (Wildman–Crippen MR) is 50.7 cm³/mol. The lowest BCUT2D eigenvalue weighted by Gasteiger charge is -2.04. The van der Waals surface area contributed by atoms with Crippen LogP contribution in [-0.4, -0.2) is 0 Å². The third-order valence-corrected chi connectivity index (χ3v) is 2.29. The van der Waals surface area contributed by atoms with Gasteiger partial charge in [-0.15, -0.1) is 0 Å². The molecule has 0 saturated carbocycles. The summed E-state index contributed by atoms with van der Waals surface area (Å²) in [5.41, 5.74) is 2.33. The molecular weight excluding hydrogens is 151 g/mol. The Morgan fingerprint density at radius 1 is 1.25 bits per heavy atom. The number of rotatable bonds is 4. The Morgan fingerprint density at radius 3 is 2.50 bits per heavy atom. The van der Waals surface area contributed by atoms with Crippen LogP contribution in [-0.2, 0) is 0 Å². The van der Waals surface area contributed by atoms with Crippen LogP contribution < -0.4 is 0 Å². The first-order chi connectivity index (χ1) is 5.79. The zero-order valence-corrected chi connectivity index (χ0v) is 7.99. The molecule has 0 aromatic carbocycles. The monoisotopic (exact) mass is 168 g/mol. The molecule has 0 unspecified atom stereocenters. The maximum Gasteiger partial charge on any atom is 0.122 e. The van der Waals surface area contributed by atoms with Crippen molar-refractivity contribution in [1.82, 2.24) is 0 Å². The second kappa shape index (κ2) is 4.44. The van der Waals surface area contributed by atoms with Gasteiger partial charge in [0, 0.05) is 0 Å².